The summed E-state index contributed by atoms with van der Waals surface area (Å²) >= 11 is 0. The van der Waals surface area contributed by atoms with Gasteiger partial charge in [-0.15, -0.1) is 0 Å². The van der Waals surface area contributed by atoms with Gasteiger partial charge in [0.05, 0.1) is 23.6 Å². The van der Waals surface area contributed by atoms with Crippen LogP contribution in [0.1, 0.15) is 82.4 Å². The fourth-order valence-electron chi connectivity index (χ4n) is 6.75. The van der Waals surface area contributed by atoms with E-state index in [1.807, 2.05) is 24.4 Å². The van der Waals surface area contributed by atoms with Crippen molar-refractivity contribution in [1.82, 2.24) is 24.6 Å². The lowest BCUT2D eigenvalue weighted by Gasteiger charge is -2.32. The quantitative estimate of drug-likeness (QED) is 0.283. The molecule has 2 aliphatic carbocycles. The Morgan fingerprint density at radius 2 is 1.77 bits per heavy atom. The molecule has 9 nitrogen and oxygen atoms in total. The first kappa shape index (κ1) is 27.3. The summed E-state index contributed by atoms with van der Waals surface area (Å²) < 4.78 is 1.58. The molecule has 1 amide bonds. The number of fused-ring (bicyclic) bond motifs is 1. The third-order valence-corrected chi connectivity index (χ3v) is 9.33. The topological polar surface area (TPSA) is 113 Å². The molecule has 43 heavy (non-hydrogen) atoms. The number of aryl methyl sites for hydroxylation is 2. The number of hydrogen-bond donors (Lipinski definition) is 2. The van der Waals surface area contributed by atoms with Crippen LogP contribution < -0.4 is 5.32 Å². The number of piperidine rings is 1. The van der Waals surface area contributed by atoms with E-state index in [1.165, 1.54) is 22.9 Å². The number of pyridine rings is 2. The molecule has 4 aromatic rings. The summed E-state index contributed by atoms with van der Waals surface area (Å²) in [6.45, 7) is 5.55. The van der Waals surface area contributed by atoms with Crippen molar-refractivity contribution in [1.29, 1.82) is 0 Å². The molecule has 9 heteroatoms. The van der Waals surface area contributed by atoms with Gasteiger partial charge in [0.1, 0.15) is 11.4 Å². The number of likely N-dealkylation sites (tertiary alicyclic amines) is 1. The van der Waals surface area contributed by atoms with Crippen molar-refractivity contribution < 1.29 is 14.7 Å². The third-order valence-electron chi connectivity index (χ3n) is 9.33. The number of nitrogens with one attached hydrogen (secondary N) is 1. The van der Waals surface area contributed by atoms with E-state index in [4.69, 9.17) is 9.97 Å². The summed E-state index contributed by atoms with van der Waals surface area (Å²) in [5.74, 6) is 1.56. The van der Waals surface area contributed by atoms with Crippen LogP contribution in [0.3, 0.4) is 0 Å². The van der Waals surface area contributed by atoms with Crippen molar-refractivity contribution >= 4 is 17.7 Å². The standard InChI is InChI=1S/C34H36N6O3/c1-20-17-25(22-13-15-39(16-14-22)33(41)24-9-10-24)18-35-32(20)38-29-12-11-23-5-3-6-26(31(23)29)28-7-4-8-30(37-28)40-21(2)27(19-36-40)34(42)43/h3-8,17-19,22,24,29H,9-16H2,1-2H3,(H,35,38)(H,42,43). The molecule has 4 heterocycles. The van der Waals surface area contributed by atoms with Gasteiger partial charge in [-0.05, 0) is 92.7 Å². The van der Waals surface area contributed by atoms with Crippen LogP contribution in [0.15, 0.2) is 54.9 Å². The van der Waals surface area contributed by atoms with Crippen molar-refractivity contribution in [2.24, 2.45) is 5.92 Å². The molecular formula is C34H36N6O3. The molecule has 1 atom stereocenters. The van der Waals surface area contributed by atoms with Crippen molar-refractivity contribution in [3.05, 3.63) is 88.4 Å². The van der Waals surface area contributed by atoms with Crippen LogP contribution in [-0.2, 0) is 11.2 Å². The first-order valence-electron chi connectivity index (χ1n) is 15.3. The maximum atomic E-state index is 12.5. The number of rotatable bonds is 7. The molecule has 0 radical (unpaired) electrons. The van der Waals surface area contributed by atoms with E-state index in [1.54, 1.807) is 11.6 Å². The number of carboxylic acid groups (broad SMARTS) is 1. The van der Waals surface area contributed by atoms with E-state index >= 15 is 0 Å². The summed E-state index contributed by atoms with van der Waals surface area (Å²) in [5, 5.41) is 17.5. The number of aromatic nitrogens is 4. The van der Waals surface area contributed by atoms with Gasteiger partial charge < -0.3 is 15.3 Å². The fourth-order valence-corrected chi connectivity index (χ4v) is 6.75. The highest BCUT2D eigenvalue weighted by Gasteiger charge is 2.35. The Morgan fingerprint density at radius 3 is 2.49 bits per heavy atom. The number of nitrogens with zero attached hydrogens (tertiary/aromatic N) is 5. The predicted octanol–water partition coefficient (Wildman–Crippen LogP) is 5.86. The molecule has 0 spiro atoms. The lowest BCUT2D eigenvalue weighted by atomic mass is 9.89. The predicted molar refractivity (Wildman–Crippen MR) is 163 cm³/mol. The van der Waals surface area contributed by atoms with Crippen LogP contribution in [0, 0.1) is 19.8 Å². The molecule has 220 valence electrons. The molecule has 0 bridgehead atoms. The molecule has 2 N–H and O–H groups in total. The number of hydrogen-bond acceptors (Lipinski definition) is 6. The zero-order chi connectivity index (χ0) is 29.7. The highest BCUT2D eigenvalue weighted by molar-refractivity contribution is 5.88. The van der Waals surface area contributed by atoms with Gasteiger partial charge in [0, 0.05) is 30.8 Å². The molecule has 3 aliphatic rings. The summed E-state index contributed by atoms with van der Waals surface area (Å²) in [7, 11) is 0. The molecule has 1 unspecified atom stereocenters. The largest absolute Gasteiger partial charge is 0.478 e. The second-order valence-electron chi connectivity index (χ2n) is 12.2. The van der Waals surface area contributed by atoms with Crippen LogP contribution in [-0.4, -0.2) is 54.7 Å². The van der Waals surface area contributed by atoms with Crippen molar-refractivity contribution in [2.45, 2.75) is 64.3 Å². The van der Waals surface area contributed by atoms with E-state index in [0.29, 0.717) is 29.3 Å². The Morgan fingerprint density at radius 1 is 0.977 bits per heavy atom. The maximum Gasteiger partial charge on any atom is 0.339 e. The SMILES string of the molecule is Cc1cc(C2CCN(C(=O)C3CC3)CC2)cnc1NC1CCc2cccc(-c3cccc(-n4ncc(C(=O)O)c4C)n3)c21. The van der Waals surface area contributed by atoms with Crippen LogP contribution in [0.25, 0.3) is 17.1 Å². The second-order valence-corrected chi connectivity index (χ2v) is 12.2. The molecule has 2 fully saturated rings. The van der Waals surface area contributed by atoms with Gasteiger partial charge in [0.25, 0.3) is 0 Å². The monoisotopic (exact) mass is 576 g/mol. The van der Waals surface area contributed by atoms with Gasteiger partial charge in [-0.3, -0.25) is 4.79 Å². The Bertz CT molecular complexity index is 1720. The lowest BCUT2D eigenvalue weighted by Crippen LogP contribution is -2.38. The normalized spacial score (nSPS) is 18.5. The second kappa shape index (κ2) is 10.9. The van der Waals surface area contributed by atoms with Crippen LogP contribution in [0.4, 0.5) is 5.82 Å². The number of carboxylic acids is 1. The maximum absolute atomic E-state index is 12.5. The lowest BCUT2D eigenvalue weighted by molar-refractivity contribution is -0.133. The highest BCUT2D eigenvalue weighted by Crippen LogP contribution is 2.41. The summed E-state index contributed by atoms with van der Waals surface area (Å²) in [6.07, 6.45) is 9.42. The van der Waals surface area contributed by atoms with E-state index < -0.39 is 5.97 Å². The molecular weight excluding hydrogens is 540 g/mol. The number of carbonyl (C=O) groups is 2. The number of aromatic carboxylic acids is 1. The minimum absolute atomic E-state index is 0.0930. The average molecular weight is 577 g/mol. The summed E-state index contributed by atoms with van der Waals surface area (Å²) in [5.41, 5.74) is 7.50. The third kappa shape index (κ3) is 5.17. The highest BCUT2D eigenvalue weighted by atomic mass is 16.4. The number of carbonyl (C=O) groups excluding carboxylic acids is 1. The van der Waals surface area contributed by atoms with Crippen molar-refractivity contribution in [3.63, 3.8) is 0 Å². The van der Waals surface area contributed by atoms with Gasteiger partial charge in [0.15, 0.2) is 5.82 Å². The molecule has 7 rings (SSSR count). The van der Waals surface area contributed by atoms with Gasteiger partial charge >= 0.3 is 5.97 Å². The van der Waals surface area contributed by atoms with Crippen LogP contribution >= 0.6 is 0 Å². The number of amides is 1. The van der Waals surface area contributed by atoms with E-state index in [-0.39, 0.29) is 11.6 Å². The number of benzene rings is 1. The zero-order valence-corrected chi connectivity index (χ0v) is 24.6. The Hall–Kier alpha value is -4.53. The van der Waals surface area contributed by atoms with E-state index in [2.05, 4.69) is 46.5 Å². The molecule has 1 aromatic carbocycles. The van der Waals surface area contributed by atoms with Gasteiger partial charge in [-0.25, -0.2) is 19.4 Å². The van der Waals surface area contributed by atoms with Gasteiger partial charge in [-0.1, -0.05) is 30.3 Å². The molecule has 1 aliphatic heterocycles. The van der Waals surface area contributed by atoms with Gasteiger partial charge in [0.2, 0.25) is 5.91 Å². The van der Waals surface area contributed by atoms with Crippen LogP contribution in [0.5, 0.6) is 0 Å². The number of anilines is 1. The van der Waals surface area contributed by atoms with E-state index in [9.17, 15) is 14.7 Å². The van der Waals surface area contributed by atoms with Crippen molar-refractivity contribution in [3.8, 4) is 17.1 Å². The Balaban J connectivity index is 1.11. The minimum atomic E-state index is -1.00. The summed E-state index contributed by atoms with van der Waals surface area (Å²) in [6, 6.07) is 14.5. The first-order chi connectivity index (χ1) is 20.9. The average Bonchev–Trinajstić information content (AvgIpc) is 3.68. The van der Waals surface area contributed by atoms with Gasteiger partial charge in [-0.2, -0.15) is 5.10 Å². The Kier molecular flexibility index (Phi) is 6.95. The molecule has 3 aromatic heterocycles. The van der Waals surface area contributed by atoms with E-state index in [0.717, 1.165) is 74.3 Å². The Labute approximate surface area is 251 Å². The molecule has 1 saturated carbocycles. The molecule has 1 saturated heterocycles. The van der Waals surface area contributed by atoms with Crippen LogP contribution in [0.2, 0.25) is 0 Å². The van der Waals surface area contributed by atoms with Crippen molar-refractivity contribution in [2.75, 3.05) is 18.4 Å². The smallest absolute Gasteiger partial charge is 0.339 e. The minimum Gasteiger partial charge on any atom is -0.478 e. The first-order valence-corrected chi connectivity index (χ1v) is 15.3. The summed E-state index contributed by atoms with van der Waals surface area (Å²) in [4.78, 5) is 35.9. The zero-order valence-electron chi connectivity index (χ0n) is 24.6. The fraction of sp³-hybridized carbons (Fsp3) is 0.382.